The van der Waals surface area contributed by atoms with E-state index >= 15 is 0 Å². The number of hydrogen-bond donors (Lipinski definition) is 0. The van der Waals surface area contributed by atoms with E-state index in [-0.39, 0.29) is 17.9 Å². The van der Waals surface area contributed by atoms with Gasteiger partial charge in [-0.05, 0) is 53.7 Å². The molecule has 0 aromatic heterocycles. The van der Waals surface area contributed by atoms with E-state index < -0.39 is 0 Å². The average molecular weight is 325 g/mol. The topological polar surface area (TPSA) is 37.4 Å². The van der Waals surface area contributed by atoms with Crippen LogP contribution < -0.4 is 0 Å². The van der Waals surface area contributed by atoms with E-state index in [1.807, 2.05) is 0 Å². The van der Waals surface area contributed by atoms with Crippen molar-refractivity contribution in [3.05, 3.63) is 47.0 Å². The quantitative estimate of drug-likeness (QED) is 0.753. The maximum Gasteiger partial charge on any atom is 0.254 e. The number of amides is 2. The molecule has 0 saturated carbocycles. The SMILES string of the molecule is CC(C)Cc1ccc2c(c1)[C@@H](N1C(=O)C=CC1=O)C[C@@H]2CC(C)C. The molecule has 2 aliphatic rings. The van der Waals surface area contributed by atoms with Gasteiger partial charge in [-0.3, -0.25) is 14.5 Å². The van der Waals surface area contributed by atoms with E-state index in [4.69, 9.17) is 0 Å². The minimum Gasteiger partial charge on any atom is -0.269 e. The van der Waals surface area contributed by atoms with Crippen LogP contribution in [0.4, 0.5) is 0 Å². The van der Waals surface area contributed by atoms with Crippen LogP contribution in [0.25, 0.3) is 0 Å². The van der Waals surface area contributed by atoms with Crippen molar-refractivity contribution in [2.24, 2.45) is 11.8 Å². The Morgan fingerprint density at radius 1 is 1.00 bits per heavy atom. The summed E-state index contributed by atoms with van der Waals surface area (Å²) >= 11 is 0. The summed E-state index contributed by atoms with van der Waals surface area (Å²) in [6.45, 7) is 8.88. The van der Waals surface area contributed by atoms with Crippen LogP contribution in [-0.2, 0) is 16.0 Å². The van der Waals surface area contributed by atoms with Gasteiger partial charge in [0.15, 0.2) is 0 Å². The second-order valence-corrected chi connectivity index (χ2v) is 8.02. The van der Waals surface area contributed by atoms with Crippen molar-refractivity contribution in [1.29, 1.82) is 0 Å². The molecule has 2 amide bonds. The van der Waals surface area contributed by atoms with Gasteiger partial charge < -0.3 is 0 Å². The van der Waals surface area contributed by atoms with E-state index in [1.165, 1.54) is 33.7 Å². The van der Waals surface area contributed by atoms with Crippen molar-refractivity contribution >= 4 is 11.8 Å². The van der Waals surface area contributed by atoms with Crippen molar-refractivity contribution in [3.8, 4) is 0 Å². The molecule has 1 heterocycles. The molecule has 0 spiro atoms. The van der Waals surface area contributed by atoms with Crippen molar-refractivity contribution in [1.82, 2.24) is 4.90 Å². The lowest BCUT2D eigenvalue weighted by molar-refractivity contribution is -0.139. The molecule has 0 saturated heterocycles. The first-order chi connectivity index (χ1) is 11.4. The third-order valence-electron chi connectivity index (χ3n) is 5.01. The summed E-state index contributed by atoms with van der Waals surface area (Å²) < 4.78 is 0. The molecule has 3 rings (SSSR count). The molecule has 3 nitrogen and oxygen atoms in total. The molecule has 1 aromatic rings. The van der Waals surface area contributed by atoms with E-state index in [2.05, 4.69) is 45.9 Å². The maximum absolute atomic E-state index is 12.2. The zero-order valence-corrected chi connectivity index (χ0v) is 15.1. The molecule has 24 heavy (non-hydrogen) atoms. The molecule has 1 aliphatic heterocycles. The highest BCUT2D eigenvalue weighted by Crippen LogP contribution is 2.47. The summed E-state index contributed by atoms with van der Waals surface area (Å²) in [6, 6.07) is 6.59. The van der Waals surface area contributed by atoms with Crippen molar-refractivity contribution in [2.75, 3.05) is 0 Å². The van der Waals surface area contributed by atoms with E-state index in [0.717, 1.165) is 19.3 Å². The zero-order chi connectivity index (χ0) is 17.4. The number of carbonyl (C=O) groups excluding carboxylic acids is 2. The van der Waals surface area contributed by atoms with Crippen molar-refractivity contribution in [2.45, 2.75) is 58.9 Å². The first-order valence-electron chi connectivity index (χ1n) is 9.04. The Kier molecular flexibility index (Phi) is 4.62. The standard InChI is InChI=1S/C21H27NO2/c1-13(2)9-15-5-6-17-16(10-14(3)4)12-19(18(17)11-15)22-20(23)7-8-21(22)24/h5-8,11,13-14,16,19H,9-10,12H2,1-4H3/t16-,19-/m0/s1. The van der Waals surface area contributed by atoms with Crippen LogP contribution >= 0.6 is 0 Å². The lowest BCUT2D eigenvalue weighted by Crippen LogP contribution is -2.33. The second-order valence-electron chi connectivity index (χ2n) is 8.02. The Labute approximate surface area is 144 Å². The molecule has 0 unspecified atom stereocenters. The average Bonchev–Trinajstić information content (AvgIpc) is 2.98. The van der Waals surface area contributed by atoms with Crippen molar-refractivity contribution < 1.29 is 9.59 Å². The Balaban J connectivity index is 1.97. The van der Waals surface area contributed by atoms with Gasteiger partial charge in [-0.1, -0.05) is 45.9 Å². The fourth-order valence-electron chi connectivity index (χ4n) is 4.16. The van der Waals surface area contributed by atoms with Gasteiger partial charge in [0.1, 0.15) is 0 Å². The van der Waals surface area contributed by atoms with Gasteiger partial charge in [0.25, 0.3) is 11.8 Å². The molecular weight excluding hydrogens is 298 g/mol. The van der Waals surface area contributed by atoms with Crippen LogP contribution in [0.2, 0.25) is 0 Å². The summed E-state index contributed by atoms with van der Waals surface area (Å²) in [5, 5.41) is 0. The van der Waals surface area contributed by atoms with Crippen LogP contribution in [0.5, 0.6) is 0 Å². The molecule has 1 aromatic carbocycles. The van der Waals surface area contributed by atoms with Crippen LogP contribution in [0.1, 0.15) is 69.2 Å². The number of nitrogens with zero attached hydrogens (tertiary/aromatic N) is 1. The number of benzene rings is 1. The fraction of sp³-hybridized carbons (Fsp3) is 0.524. The summed E-state index contributed by atoms with van der Waals surface area (Å²) in [7, 11) is 0. The van der Waals surface area contributed by atoms with Gasteiger partial charge in [0.05, 0.1) is 6.04 Å². The third-order valence-corrected chi connectivity index (χ3v) is 5.01. The molecule has 128 valence electrons. The lowest BCUT2D eigenvalue weighted by Gasteiger charge is -2.23. The Hall–Kier alpha value is -1.90. The van der Waals surface area contributed by atoms with Gasteiger partial charge in [0.2, 0.25) is 0 Å². The number of imide groups is 1. The van der Waals surface area contributed by atoms with Crippen LogP contribution in [-0.4, -0.2) is 16.7 Å². The van der Waals surface area contributed by atoms with E-state index in [1.54, 1.807) is 0 Å². The van der Waals surface area contributed by atoms with Crippen LogP contribution in [0, 0.1) is 11.8 Å². The Morgan fingerprint density at radius 2 is 1.67 bits per heavy atom. The highest BCUT2D eigenvalue weighted by molar-refractivity contribution is 6.13. The smallest absolute Gasteiger partial charge is 0.254 e. The molecular formula is C21H27NO2. The summed E-state index contributed by atoms with van der Waals surface area (Å²) in [4.78, 5) is 25.8. The highest BCUT2D eigenvalue weighted by Gasteiger charge is 2.40. The minimum absolute atomic E-state index is 0.106. The predicted molar refractivity (Wildman–Crippen MR) is 95.5 cm³/mol. The number of hydrogen-bond acceptors (Lipinski definition) is 2. The molecule has 2 atom stereocenters. The molecule has 3 heteroatoms. The number of carbonyl (C=O) groups is 2. The largest absolute Gasteiger partial charge is 0.269 e. The molecule has 0 fully saturated rings. The van der Waals surface area contributed by atoms with Gasteiger partial charge in [-0.15, -0.1) is 0 Å². The molecule has 0 N–H and O–H groups in total. The Bertz CT molecular complexity index is 669. The van der Waals surface area contributed by atoms with E-state index in [9.17, 15) is 9.59 Å². The summed E-state index contributed by atoms with van der Waals surface area (Å²) in [5.74, 6) is 1.27. The number of rotatable bonds is 5. The van der Waals surface area contributed by atoms with Crippen LogP contribution in [0.15, 0.2) is 30.4 Å². The predicted octanol–water partition coefficient (Wildman–Crippen LogP) is 4.38. The molecule has 0 bridgehead atoms. The van der Waals surface area contributed by atoms with Gasteiger partial charge >= 0.3 is 0 Å². The second kappa shape index (κ2) is 6.54. The van der Waals surface area contributed by atoms with E-state index in [0.29, 0.717) is 17.8 Å². The highest BCUT2D eigenvalue weighted by atomic mass is 16.2. The molecule has 0 radical (unpaired) electrons. The zero-order valence-electron chi connectivity index (χ0n) is 15.1. The minimum atomic E-state index is -0.171. The van der Waals surface area contributed by atoms with Gasteiger partial charge in [0, 0.05) is 12.2 Å². The van der Waals surface area contributed by atoms with Gasteiger partial charge in [-0.2, -0.15) is 0 Å². The Morgan fingerprint density at radius 3 is 2.25 bits per heavy atom. The first kappa shape index (κ1) is 16.9. The fourth-order valence-corrected chi connectivity index (χ4v) is 4.16. The maximum atomic E-state index is 12.2. The lowest BCUT2D eigenvalue weighted by atomic mass is 9.91. The van der Waals surface area contributed by atoms with Gasteiger partial charge in [-0.25, -0.2) is 0 Å². The summed E-state index contributed by atoms with van der Waals surface area (Å²) in [5.41, 5.74) is 3.81. The molecule has 1 aliphatic carbocycles. The first-order valence-corrected chi connectivity index (χ1v) is 9.04. The normalized spacial score (nSPS) is 23.0. The monoisotopic (exact) mass is 325 g/mol. The number of fused-ring (bicyclic) bond motifs is 1. The third kappa shape index (κ3) is 3.17. The summed E-state index contributed by atoms with van der Waals surface area (Å²) in [6.07, 6.45) is 5.77. The van der Waals surface area contributed by atoms with Crippen molar-refractivity contribution in [3.63, 3.8) is 0 Å². The van der Waals surface area contributed by atoms with Crippen LogP contribution in [0.3, 0.4) is 0 Å².